The zero-order valence-electron chi connectivity index (χ0n) is 11.3. The molecule has 20 heavy (non-hydrogen) atoms. The summed E-state index contributed by atoms with van der Waals surface area (Å²) in [6, 6.07) is 5.83. The number of carbonyl (C=O) groups is 1. The highest BCUT2D eigenvalue weighted by Crippen LogP contribution is 2.20. The summed E-state index contributed by atoms with van der Waals surface area (Å²) in [5.74, 6) is -0.488. The first-order valence-corrected chi connectivity index (χ1v) is 7.83. The first-order chi connectivity index (χ1) is 9.45. The molecular weight excluding hydrogens is 280 g/mol. The van der Waals surface area contributed by atoms with Crippen LogP contribution in [0.4, 0.5) is 0 Å². The van der Waals surface area contributed by atoms with E-state index in [9.17, 15) is 13.2 Å². The second-order valence-corrected chi connectivity index (χ2v) is 6.70. The fourth-order valence-corrected chi connectivity index (χ4v) is 3.62. The molecule has 1 heterocycles. The average Bonchev–Trinajstić information content (AvgIpc) is 2.47. The van der Waals surface area contributed by atoms with Crippen LogP contribution in [-0.2, 0) is 14.8 Å². The van der Waals surface area contributed by atoms with Crippen LogP contribution in [0.5, 0.6) is 0 Å². The zero-order chi connectivity index (χ0) is 14.8. The molecule has 2 N–H and O–H groups in total. The monoisotopic (exact) mass is 298 g/mol. The van der Waals surface area contributed by atoms with Crippen molar-refractivity contribution in [3.8, 4) is 0 Å². The number of nitrogens with zero attached hydrogens (tertiary/aromatic N) is 1. The van der Waals surface area contributed by atoms with Crippen LogP contribution in [0.3, 0.4) is 0 Å². The van der Waals surface area contributed by atoms with Crippen LogP contribution >= 0.6 is 0 Å². The first kappa shape index (κ1) is 15.0. The van der Waals surface area contributed by atoms with Crippen LogP contribution in [0.25, 0.3) is 0 Å². The molecule has 110 valence electrons. The Morgan fingerprint density at radius 2 is 1.80 bits per heavy atom. The maximum atomic E-state index is 12.4. The molecule has 1 aromatic rings. The third kappa shape index (κ3) is 3.00. The number of sulfonamides is 1. The Morgan fingerprint density at radius 1 is 1.25 bits per heavy atom. The summed E-state index contributed by atoms with van der Waals surface area (Å²) >= 11 is 0. The van der Waals surface area contributed by atoms with Gasteiger partial charge in [-0.3, -0.25) is 0 Å². The molecule has 0 bridgehead atoms. The Labute approximate surface area is 118 Å². The molecule has 6 nitrogen and oxygen atoms in total. The molecule has 0 unspecified atom stereocenters. The van der Waals surface area contributed by atoms with Crippen molar-refractivity contribution >= 4 is 16.0 Å². The molecule has 1 aliphatic heterocycles. The lowest BCUT2D eigenvalue weighted by molar-refractivity contribution is 0.0600. The first-order valence-electron chi connectivity index (χ1n) is 6.39. The van der Waals surface area contributed by atoms with Crippen molar-refractivity contribution < 1.29 is 17.9 Å². The summed E-state index contributed by atoms with van der Waals surface area (Å²) in [6.07, 6.45) is 1.33. The minimum atomic E-state index is -3.51. The molecule has 0 radical (unpaired) electrons. The van der Waals surface area contributed by atoms with Crippen molar-refractivity contribution in [3.05, 3.63) is 29.8 Å². The normalized spacial score (nSPS) is 17.9. The highest BCUT2D eigenvalue weighted by molar-refractivity contribution is 7.89. The Morgan fingerprint density at radius 3 is 2.30 bits per heavy atom. The van der Waals surface area contributed by atoms with Gasteiger partial charge in [-0.2, -0.15) is 4.31 Å². The van der Waals surface area contributed by atoms with Crippen LogP contribution in [0.15, 0.2) is 29.2 Å². The molecule has 0 spiro atoms. The molecular formula is C13H18N2O4S. The SMILES string of the molecule is COC(=O)c1ccc(S(=O)(=O)N2CCC(N)CC2)cc1. The van der Waals surface area contributed by atoms with Gasteiger partial charge in [-0.1, -0.05) is 0 Å². The lowest BCUT2D eigenvalue weighted by Crippen LogP contribution is -2.42. The second kappa shape index (κ2) is 5.90. The number of piperidine rings is 1. The molecule has 0 atom stereocenters. The number of hydrogen-bond acceptors (Lipinski definition) is 5. The molecule has 2 rings (SSSR count). The van der Waals surface area contributed by atoms with Crippen LogP contribution < -0.4 is 5.73 Å². The maximum absolute atomic E-state index is 12.4. The quantitative estimate of drug-likeness (QED) is 0.825. The number of ether oxygens (including phenoxy) is 1. The van der Waals surface area contributed by atoms with Gasteiger partial charge in [-0.05, 0) is 37.1 Å². The smallest absolute Gasteiger partial charge is 0.337 e. The largest absolute Gasteiger partial charge is 0.465 e. The molecule has 0 amide bonds. The van der Waals surface area contributed by atoms with Crippen molar-refractivity contribution in [1.29, 1.82) is 0 Å². The van der Waals surface area contributed by atoms with Gasteiger partial charge in [0, 0.05) is 19.1 Å². The molecule has 0 aromatic heterocycles. The second-order valence-electron chi connectivity index (χ2n) is 4.76. The Hall–Kier alpha value is -1.44. The number of esters is 1. The third-order valence-corrected chi connectivity index (χ3v) is 5.32. The molecule has 1 saturated heterocycles. The zero-order valence-corrected chi connectivity index (χ0v) is 12.1. The van der Waals surface area contributed by atoms with E-state index in [1.807, 2.05) is 0 Å². The molecule has 0 aliphatic carbocycles. The number of carbonyl (C=O) groups excluding carboxylic acids is 1. The van der Waals surface area contributed by atoms with Crippen LogP contribution in [-0.4, -0.2) is 44.9 Å². The predicted octanol–water partition coefficient (Wildman–Crippen LogP) is 0.585. The van der Waals surface area contributed by atoms with Gasteiger partial charge in [0.25, 0.3) is 0 Å². The van der Waals surface area contributed by atoms with E-state index < -0.39 is 16.0 Å². The van der Waals surface area contributed by atoms with E-state index in [-0.39, 0.29) is 10.9 Å². The van der Waals surface area contributed by atoms with Gasteiger partial charge in [0.05, 0.1) is 17.6 Å². The number of nitrogens with two attached hydrogens (primary N) is 1. The highest BCUT2D eigenvalue weighted by atomic mass is 32.2. The summed E-state index contributed by atoms with van der Waals surface area (Å²) in [5.41, 5.74) is 6.10. The van der Waals surface area contributed by atoms with Gasteiger partial charge in [0.15, 0.2) is 0 Å². The van der Waals surface area contributed by atoms with Crippen LogP contribution in [0.1, 0.15) is 23.2 Å². The molecule has 1 aromatic carbocycles. The minimum Gasteiger partial charge on any atom is -0.465 e. The van der Waals surface area contributed by atoms with Crippen molar-refractivity contribution in [2.45, 2.75) is 23.8 Å². The van der Waals surface area contributed by atoms with Crippen molar-refractivity contribution in [2.24, 2.45) is 5.73 Å². The van der Waals surface area contributed by atoms with E-state index in [2.05, 4.69) is 4.74 Å². The van der Waals surface area contributed by atoms with E-state index in [0.29, 0.717) is 31.5 Å². The molecule has 1 fully saturated rings. The molecule has 1 aliphatic rings. The van der Waals surface area contributed by atoms with Gasteiger partial charge in [-0.15, -0.1) is 0 Å². The Kier molecular flexibility index (Phi) is 4.42. The summed E-state index contributed by atoms with van der Waals surface area (Å²) in [7, 11) is -2.23. The van der Waals surface area contributed by atoms with Crippen LogP contribution in [0.2, 0.25) is 0 Å². The fourth-order valence-electron chi connectivity index (χ4n) is 2.15. The van der Waals surface area contributed by atoms with Gasteiger partial charge < -0.3 is 10.5 Å². The van der Waals surface area contributed by atoms with E-state index in [1.165, 1.54) is 35.7 Å². The maximum Gasteiger partial charge on any atom is 0.337 e. The number of methoxy groups -OCH3 is 1. The molecule has 7 heteroatoms. The van der Waals surface area contributed by atoms with Gasteiger partial charge >= 0.3 is 5.97 Å². The van der Waals surface area contributed by atoms with Crippen molar-refractivity contribution in [1.82, 2.24) is 4.31 Å². The van der Waals surface area contributed by atoms with Crippen molar-refractivity contribution in [2.75, 3.05) is 20.2 Å². The predicted molar refractivity (Wildman–Crippen MR) is 73.7 cm³/mol. The van der Waals surface area contributed by atoms with Gasteiger partial charge in [0.1, 0.15) is 0 Å². The third-order valence-electron chi connectivity index (χ3n) is 3.41. The summed E-state index contributed by atoms with van der Waals surface area (Å²) < 4.78 is 30.8. The van der Waals surface area contributed by atoms with Crippen LogP contribution in [0, 0.1) is 0 Å². The summed E-state index contributed by atoms with van der Waals surface area (Å²) in [4.78, 5) is 11.5. The van der Waals surface area contributed by atoms with E-state index in [4.69, 9.17) is 5.73 Å². The highest BCUT2D eigenvalue weighted by Gasteiger charge is 2.28. The van der Waals surface area contributed by atoms with Gasteiger partial charge in [-0.25, -0.2) is 13.2 Å². The lowest BCUT2D eigenvalue weighted by atomic mass is 10.1. The van der Waals surface area contributed by atoms with E-state index in [1.54, 1.807) is 0 Å². The number of hydrogen-bond donors (Lipinski definition) is 1. The van der Waals surface area contributed by atoms with E-state index in [0.717, 1.165) is 0 Å². The van der Waals surface area contributed by atoms with Gasteiger partial charge in [0.2, 0.25) is 10.0 Å². The Balaban J connectivity index is 2.19. The standard InChI is InChI=1S/C13H18N2O4S/c1-19-13(16)10-2-4-12(5-3-10)20(17,18)15-8-6-11(14)7-9-15/h2-5,11H,6-9,14H2,1H3. The number of benzene rings is 1. The minimum absolute atomic E-state index is 0.0724. The van der Waals surface area contributed by atoms with E-state index >= 15 is 0 Å². The number of rotatable bonds is 3. The summed E-state index contributed by atoms with van der Waals surface area (Å²) in [6.45, 7) is 0.866. The van der Waals surface area contributed by atoms with Crippen molar-refractivity contribution in [3.63, 3.8) is 0 Å². The molecule has 0 saturated carbocycles. The Bertz CT molecular complexity index is 575. The fraction of sp³-hybridized carbons (Fsp3) is 0.462. The average molecular weight is 298 g/mol. The lowest BCUT2D eigenvalue weighted by Gasteiger charge is -2.29. The topological polar surface area (TPSA) is 89.7 Å². The summed E-state index contributed by atoms with van der Waals surface area (Å²) in [5, 5.41) is 0.